The quantitative estimate of drug-likeness (QED) is 0.590. The molecule has 8 nitrogen and oxygen atoms in total. The topological polar surface area (TPSA) is 85.0 Å². The summed E-state index contributed by atoms with van der Waals surface area (Å²) < 4.78 is 0. The van der Waals surface area contributed by atoms with E-state index in [0.29, 0.717) is 45.1 Å². The highest BCUT2D eigenvalue weighted by atomic mass is 16.2. The van der Waals surface area contributed by atoms with Gasteiger partial charge in [-0.1, -0.05) is 31.0 Å². The van der Waals surface area contributed by atoms with E-state index in [9.17, 15) is 14.4 Å². The number of urea groups is 1. The van der Waals surface area contributed by atoms with Gasteiger partial charge in [0.25, 0.3) is 0 Å². The lowest BCUT2D eigenvalue weighted by molar-refractivity contribution is -0.129. The first-order chi connectivity index (χ1) is 16.1. The molecule has 2 N–H and O–H groups in total. The van der Waals surface area contributed by atoms with E-state index in [1.807, 2.05) is 40.1 Å². The zero-order chi connectivity index (χ0) is 23.0. The van der Waals surface area contributed by atoms with Crippen LogP contribution in [0.15, 0.2) is 30.3 Å². The van der Waals surface area contributed by atoms with Gasteiger partial charge in [-0.05, 0) is 43.7 Å². The van der Waals surface area contributed by atoms with Crippen molar-refractivity contribution in [2.24, 2.45) is 5.92 Å². The number of carbonyl (C=O) groups is 3. The van der Waals surface area contributed by atoms with Gasteiger partial charge in [-0.15, -0.1) is 0 Å². The zero-order valence-electron chi connectivity index (χ0n) is 19.5. The first-order valence-electron chi connectivity index (χ1n) is 12.5. The maximum Gasteiger partial charge on any atom is 0.321 e. The van der Waals surface area contributed by atoms with Crippen molar-refractivity contribution in [2.75, 3.05) is 51.1 Å². The summed E-state index contributed by atoms with van der Waals surface area (Å²) >= 11 is 0. The number of carbonyl (C=O) groups excluding carboxylic acids is 3. The molecule has 1 aromatic carbocycles. The number of nitrogens with one attached hydrogen (secondary N) is 2. The molecule has 2 aliphatic heterocycles. The molecule has 180 valence electrons. The summed E-state index contributed by atoms with van der Waals surface area (Å²) in [5.41, 5.74) is 0.795. The van der Waals surface area contributed by atoms with Crippen molar-refractivity contribution in [1.82, 2.24) is 20.0 Å². The van der Waals surface area contributed by atoms with Gasteiger partial charge in [0.05, 0.1) is 6.04 Å². The summed E-state index contributed by atoms with van der Waals surface area (Å²) in [5.74, 6) is 0.728. The number of anilines is 1. The Bertz CT molecular complexity index is 804. The van der Waals surface area contributed by atoms with E-state index in [1.165, 1.54) is 12.8 Å². The molecule has 3 aliphatic rings. The van der Waals surface area contributed by atoms with Crippen molar-refractivity contribution in [3.8, 4) is 0 Å². The fourth-order valence-electron chi connectivity index (χ4n) is 5.40. The second kappa shape index (κ2) is 11.5. The Morgan fingerprint density at radius 3 is 2.36 bits per heavy atom. The Kier molecular flexibility index (Phi) is 8.20. The minimum atomic E-state index is -0.125. The average molecular weight is 456 g/mol. The summed E-state index contributed by atoms with van der Waals surface area (Å²) in [7, 11) is 0. The van der Waals surface area contributed by atoms with Crippen LogP contribution in [0.2, 0.25) is 0 Å². The van der Waals surface area contributed by atoms with E-state index in [0.717, 1.165) is 44.5 Å². The Morgan fingerprint density at radius 1 is 0.970 bits per heavy atom. The predicted octanol–water partition coefficient (Wildman–Crippen LogP) is 2.52. The van der Waals surface area contributed by atoms with Gasteiger partial charge in [-0.3, -0.25) is 14.5 Å². The number of hydrogen-bond donors (Lipinski definition) is 2. The van der Waals surface area contributed by atoms with Crippen LogP contribution in [0.4, 0.5) is 10.5 Å². The Morgan fingerprint density at radius 2 is 1.70 bits per heavy atom. The van der Waals surface area contributed by atoms with E-state index in [4.69, 9.17) is 0 Å². The lowest BCUT2D eigenvalue weighted by Gasteiger charge is -2.40. The maximum atomic E-state index is 13.2. The Balaban J connectivity index is 1.26. The van der Waals surface area contributed by atoms with Crippen LogP contribution in [-0.4, -0.2) is 84.4 Å². The monoisotopic (exact) mass is 455 g/mol. The summed E-state index contributed by atoms with van der Waals surface area (Å²) in [5, 5.41) is 6.11. The standard InChI is InChI=1S/C25H37N5O3/c31-22-12-6-14-28(22)15-7-13-26-24(32)23(20-8-4-5-9-20)29-16-18-30(19-17-29)25(33)27-21-10-2-1-3-11-21/h1-3,10-11,20,23H,4-9,12-19H2,(H,26,32)(H,27,33)/t23-/m0/s1. The number of benzene rings is 1. The lowest BCUT2D eigenvalue weighted by atomic mass is 9.95. The molecule has 2 saturated heterocycles. The lowest BCUT2D eigenvalue weighted by Crippen LogP contribution is -2.58. The SMILES string of the molecule is O=C(NCCCN1CCCC1=O)[C@H](C1CCCC1)N1CCN(C(=O)Nc2ccccc2)CC1. The number of piperazine rings is 1. The summed E-state index contributed by atoms with van der Waals surface area (Å²) in [6.07, 6.45) is 6.96. The second-order valence-corrected chi connectivity index (χ2v) is 9.44. The molecule has 0 unspecified atom stereocenters. The fraction of sp³-hybridized carbons (Fsp3) is 0.640. The normalized spacial score (nSPS) is 20.8. The smallest absolute Gasteiger partial charge is 0.321 e. The van der Waals surface area contributed by atoms with Crippen LogP contribution in [0.3, 0.4) is 0 Å². The van der Waals surface area contributed by atoms with E-state index in [2.05, 4.69) is 15.5 Å². The van der Waals surface area contributed by atoms with Crippen molar-refractivity contribution in [1.29, 1.82) is 0 Å². The highest BCUT2D eigenvalue weighted by Gasteiger charge is 2.37. The molecule has 33 heavy (non-hydrogen) atoms. The van der Waals surface area contributed by atoms with Crippen LogP contribution in [0.1, 0.15) is 44.9 Å². The Hall–Kier alpha value is -2.61. The van der Waals surface area contributed by atoms with E-state index >= 15 is 0 Å². The van der Waals surface area contributed by atoms with Crippen molar-refractivity contribution >= 4 is 23.5 Å². The van der Waals surface area contributed by atoms with Crippen molar-refractivity contribution in [3.05, 3.63) is 30.3 Å². The third kappa shape index (κ3) is 6.25. The predicted molar refractivity (Wildman–Crippen MR) is 128 cm³/mol. The number of amides is 4. The summed E-state index contributed by atoms with van der Waals surface area (Å²) in [6.45, 7) is 4.82. The van der Waals surface area contributed by atoms with Crippen LogP contribution in [0, 0.1) is 5.92 Å². The van der Waals surface area contributed by atoms with E-state index < -0.39 is 0 Å². The first-order valence-corrected chi connectivity index (χ1v) is 12.5. The van der Waals surface area contributed by atoms with Crippen LogP contribution in [0.5, 0.6) is 0 Å². The minimum absolute atomic E-state index is 0.0841. The van der Waals surface area contributed by atoms with Gasteiger partial charge in [0.2, 0.25) is 11.8 Å². The maximum absolute atomic E-state index is 13.2. The third-order valence-corrected chi connectivity index (χ3v) is 7.21. The summed E-state index contributed by atoms with van der Waals surface area (Å²) in [4.78, 5) is 43.6. The van der Waals surface area contributed by atoms with Crippen LogP contribution in [-0.2, 0) is 9.59 Å². The molecular formula is C25H37N5O3. The fourth-order valence-corrected chi connectivity index (χ4v) is 5.40. The van der Waals surface area contributed by atoms with E-state index in [1.54, 1.807) is 0 Å². The van der Waals surface area contributed by atoms with Gasteiger partial charge in [-0.25, -0.2) is 4.79 Å². The van der Waals surface area contributed by atoms with Gasteiger partial charge >= 0.3 is 6.03 Å². The largest absolute Gasteiger partial charge is 0.355 e. The number of hydrogen-bond acceptors (Lipinski definition) is 4. The first kappa shape index (κ1) is 23.5. The molecule has 2 heterocycles. The van der Waals surface area contributed by atoms with Crippen molar-refractivity contribution < 1.29 is 14.4 Å². The molecule has 0 spiro atoms. The second-order valence-electron chi connectivity index (χ2n) is 9.44. The molecule has 0 aromatic heterocycles. The molecule has 3 fully saturated rings. The molecule has 1 atom stereocenters. The summed E-state index contributed by atoms with van der Waals surface area (Å²) in [6, 6.07) is 9.29. The molecule has 1 aromatic rings. The van der Waals surface area contributed by atoms with Gasteiger partial charge in [0, 0.05) is 57.9 Å². The molecule has 8 heteroatoms. The number of nitrogens with zero attached hydrogens (tertiary/aromatic N) is 3. The van der Waals surface area contributed by atoms with Crippen molar-refractivity contribution in [3.63, 3.8) is 0 Å². The molecule has 1 aliphatic carbocycles. The minimum Gasteiger partial charge on any atom is -0.355 e. The molecule has 4 rings (SSSR count). The Labute approximate surface area is 196 Å². The molecular weight excluding hydrogens is 418 g/mol. The molecule has 0 radical (unpaired) electrons. The molecule has 0 bridgehead atoms. The highest BCUT2D eigenvalue weighted by Crippen LogP contribution is 2.31. The van der Waals surface area contributed by atoms with Crippen LogP contribution < -0.4 is 10.6 Å². The molecule has 1 saturated carbocycles. The van der Waals surface area contributed by atoms with E-state index in [-0.39, 0.29) is 23.9 Å². The molecule has 4 amide bonds. The van der Waals surface area contributed by atoms with Gasteiger partial charge < -0.3 is 20.4 Å². The van der Waals surface area contributed by atoms with Gasteiger partial charge in [-0.2, -0.15) is 0 Å². The van der Waals surface area contributed by atoms with Crippen LogP contribution >= 0.6 is 0 Å². The van der Waals surface area contributed by atoms with Crippen LogP contribution in [0.25, 0.3) is 0 Å². The third-order valence-electron chi connectivity index (χ3n) is 7.21. The number of para-hydroxylation sites is 1. The highest BCUT2D eigenvalue weighted by molar-refractivity contribution is 5.89. The average Bonchev–Trinajstić information content (AvgIpc) is 3.50. The number of likely N-dealkylation sites (tertiary alicyclic amines) is 1. The van der Waals surface area contributed by atoms with Gasteiger partial charge in [0.15, 0.2) is 0 Å². The number of rotatable bonds is 8. The van der Waals surface area contributed by atoms with Gasteiger partial charge in [0.1, 0.15) is 0 Å². The zero-order valence-corrected chi connectivity index (χ0v) is 19.5. The van der Waals surface area contributed by atoms with Crippen molar-refractivity contribution in [2.45, 2.75) is 51.0 Å².